The number of rotatable bonds is 8. The molecule has 0 spiro atoms. The van der Waals surface area contributed by atoms with Crippen LogP contribution in [0.2, 0.25) is 0 Å². The highest BCUT2D eigenvalue weighted by Gasteiger charge is 1.87. The third kappa shape index (κ3) is 11.5. The van der Waals surface area contributed by atoms with Crippen molar-refractivity contribution in [3.05, 3.63) is 24.3 Å². The zero-order chi connectivity index (χ0) is 9.78. The van der Waals surface area contributed by atoms with Crippen molar-refractivity contribution in [3.8, 4) is 0 Å². The lowest BCUT2D eigenvalue weighted by atomic mass is 10.1. The fourth-order valence-electron chi connectivity index (χ4n) is 1.33. The van der Waals surface area contributed by atoms with Crippen LogP contribution >= 0.6 is 0 Å². The van der Waals surface area contributed by atoms with Crippen LogP contribution in [0.15, 0.2) is 24.3 Å². The second-order valence-corrected chi connectivity index (χ2v) is 3.51. The molecule has 0 aliphatic rings. The third-order valence-corrected chi connectivity index (χ3v) is 2.16. The summed E-state index contributed by atoms with van der Waals surface area (Å²) in [7, 11) is 0. The summed E-state index contributed by atoms with van der Waals surface area (Å²) in [4.78, 5) is 0. The topological polar surface area (TPSA) is 0 Å². The highest BCUT2D eigenvalue weighted by molar-refractivity contribution is 5.00. The van der Waals surface area contributed by atoms with E-state index in [0.29, 0.717) is 0 Å². The Labute approximate surface area is 83.7 Å². The van der Waals surface area contributed by atoms with Gasteiger partial charge in [-0.3, -0.25) is 0 Å². The van der Waals surface area contributed by atoms with Crippen molar-refractivity contribution < 1.29 is 0 Å². The van der Waals surface area contributed by atoms with E-state index in [-0.39, 0.29) is 0 Å². The van der Waals surface area contributed by atoms with Gasteiger partial charge in [0, 0.05) is 0 Å². The van der Waals surface area contributed by atoms with Crippen LogP contribution in [0.3, 0.4) is 0 Å². The standard InChI is InChI=1S/C13H24/c1-3-5-7-9-11-13-12-10-8-6-4-2/h3,5,7,9H,4,6,8,10-13H2,1-2H3. The average molecular weight is 180 g/mol. The van der Waals surface area contributed by atoms with Crippen LogP contribution in [0.1, 0.15) is 58.8 Å². The minimum absolute atomic E-state index is 1.25. The number of unbranched alkanes of at least 4 members (excludes halogenated alkanes) is 6. The molecular weight excluding hydrogens is 156 g/mol. The summed E-state index contributed by atoms with van der Waals surface area (Å²) >= 11 is 0. The van der Waals surface area contributed by atoms with Gasteiger partial charge in [0.05, 0.1) is 0 Å². The maximum atomic E-state index is 2.26. The Morgan fingerprint density at radius 1 is 0.846 bits per heavy atom. The van der Waals surface area contributed by atoms with Crippen LogP contribution in [-0.4, -0.2) is 0 Å². The Kier molecular flexibility index (Phi) is 11.0. The Morgan fingerprint density at radius 3 is 2.23 bits per heavy atom. The monoisotopic (exact) mass is 180 g/mol. The molecule has 0 nitrogen and oxygen atoms in total. The normalized spacial score (nSPS) is 11.8. The van der Waals surface area contributed by atoms with Crippen LogP contribution in [-0.2, 0) is 0 Å². The van der Waals surface area contributed by atoms with Gasteiger partial charge in [0.2, 0.25) is 0 Å². The van der Waals surface area contributed by atoms with Gasteiger partial charge in [-0.05, 0) is 19.8 Å². The molecule has 0 atom stereocenters. The average Bonchev–Trinajstić information content (AvgIpc) is 2.16. The molecule has 13 heavy (non-hydrogen) atoms. The lowest BCUT2D eigenvalue weighted by Crippen LogP contribution is -1.77. The maximum Gasteiger partial charge on any atom is -0.0348 e. The molecular formula is C13H24. The molecule has 0 heterocycles. The minimum Gasteiger partial charge on any atom is -0.0877 e. The van der Waals surface area contributed by atoms with Crippen molar-refractivity contribution in [1.82, 2.24) is 0 Å². The molecule has 0 N–H and O–H groups in total. The van der Waals surface area contributed by atoms with Crippen LogP contribution in [0.25, 0.3) is 0 Å². The molecule has 76 valence electrons. The maximum absolute atomic E-state index is 2.26. The van der Waals surface area contributed by atoms with Crippen molar-refractivity contribution in [2.75, 3.05) is 0 Å². The quantitative estimate of drug-likeness (QED) is 0.369. The molecule has 0 fully saturated rings. The number of hydrogen-bond donors (Lipinski definition) is 0. The number of allylic oxidation sites excluding steroid dienone is 4. The summed E-state index contributed by atoms with van der Waals surface area (Å²) in [5.41, 5.74) is 0. The van der Waals surface area contributed by atoms with Gasteiger partial charge in [-0.25, -0.2) is 0 Å². The summed E-state index contributed by atoms with van der Waals surface area (Å²) < 4.78 is 0. The summed E-state index contributed by atoms with van der Waals surface area (Å²) in [6.07, 6.45) is 18.2. The molecule has 0 saturated heterocycles. The van der Waals surface area contributed by atoms with Gasteiger partial charge in [0.15, 0.2) is 0 Å². The van der Waals surface area contributed by atoms with Gasteiger partial charge in [-0.2, -0.15) is 0 Å². The summed E-state index contributed by atoms with van der Waals surface area (Å²) in [6.45, 7) is 4.31. The van der Waals surface area contributed by atoms with E-state index in [9.17, 15) is 0 Å². The highest BCUT2D eigenvalue weighted by Crippen LogP contribution is 2.06. The number of hydrogen-bond acceptors (Lipinski definition) is 0. The molecule has 0 aromatic heterocycles. The van der Waals surface area contributed by atoms with E-state index < -0.39 is 0 Å². The molecule has 0 unspecified atom stereocenters. The first-order valence-electron chi connectivity index (χ1n) is 5.69. The van der Waals surface area contributed by atoms with Gasteiger partial charge in [-0.15, -0.1) is 0 Å². The fraction of sp³-hybridized carbons (Fsp3) is 0.692. The van der Waals surface area contributed by atoms with Gasteiger partial charge in [-0.1, -0.05) is 63.3 Å². The summed E-state index contributed by atoms with van der Waals surface area (Å²) in [5.74, 6) is 0. The highest BCUT2D eigenvalue weighted by atomic mass is 13.9. The lowest BCUT2D eigenvalue weighted by Gasteiger charge is -1.97. The van der Waals surface area contributed by atoms with E-state index >= 15 is 0 Å². The van der Waals surface area contributed by atoms with Gasteiger partial charge < -0.3 is 0 Å². The van der Waals surface area contributed by atoms with E-state index in [1.54, 1.807) is 0 Å². The van der Waals surface area contributed by atoms with Crippen LogP contribution in [0, 0.1) is 0 Å². The van der Waals surface area contributed by atoms with Crippen molar-refractivity contribution in [2.24, 2.45) is 0 Å². The van der Waals surface area contributed by atoms with Gasteiger partial charge in [0.25, 0.3) is 0 Å². The first-order valence-corrected chi connectivity index (χ1v) is 5.69. The second-order valence-electron chi connectivity index (χ2n) is 3.51. The molecule has 0 aromatic carbocycles. The van der Waals surface area contributed by atoms with Crippen LogP contribution in [0.5, 0.6) is 0 Å². The third-order valence-electron chi connectivity index (χ3n) is 2.16. The minimum atomic E-state index is 1.25. The Bertz CT molecular complexity index is 131. The first kappa shape index (κ1) is 12.5. The first-order chi connectivity index (χ1) is 6.41. The zero-order valence-electron chi connectivity index (χ0n) is 9.26. The largest absolute Gasteiger partial charge is 0.0877 e. The lowest BCUT2D eigenvalue weighted by molar-refractivity contribution is 0.611. The second kappa shape index (κ2) is 11.5. The van der Waals surface area contributed by atoms with Crippen molar-refractivity contribution in [3.63, 3.8) is 0 Å². The van der Waals surface area contributed by atoms with Crippen LogP contribution in [0.4, 0.5) is 0 Å². The predicted molar refractivity (Wildman–Crippen MR) is 61.9 cm³/mol. The van der Waals surface area contributed by atoms with E-state index in [1.807, 2.05) is 0 Å². The SMILES string of the molecule is CC=CC=CCCCCCCCC. The Morgan fingerprint density at radius 2 is 1.54 bits per heavy atom. The predicted octanol–water partition coefficient (Wildman–Crippen LogP) is 4.87. The van der Waals surface area contributed by atoms with Crippen molar-refractivity contribution in [2.45, 2.75) is 58.8 Å². The van der Waals surface area contributed by atoms with E-state index in [2.05, 4.69) is 38.2 Å². The molecule has 0 aliphatic heterocycles. The molecule has 0 amide bonds. The zero-order valence-corrected chi connectivity index (χ0v) is 9.26. The molecule has 0 heteroatoms. The summed E-state index contributed by atoms with van der Waals surface area (Å²) in [6, 6.07) is 0. The summed E-state index contributed by atoms with van der Waals surface area (Å²) in [5, 5.41) is 0. The molecule has 0 aliphatic carbocycles. The van der Waals surface area contributed by atoms with E-state index in [0.717, 1.165) is 0 Å². The fourth-order valence-corrected chi connectivity index (χ4v) is 1.33. The van der Waals surface area contributed by atoms with E-state index in [4.69, 9.17) is 0 Å². The van der Waals surface area contributed by atoms with Crippen molar-refractivity contribution >= 4 is 0 Å². The molecule has 0 rings (SSSR count). The molecule has 0 saturated carbocycles. The van der Waals surface area contributed by atoms with E-state index in [1.165, 1.54) is 44.9 Å². The van der Waals surface area contributed by atoms with Gasteiger partial charge in [0.1, 0.15) is 0 Å². The Hall–Kier alpha value is -0.520. The smallest absolute Gasteiger partial charge is 0.0348 e. The molecule has 0 radical (unpaired) electrons. The molecule has 0 aromatic rings. The van der Waals surface area contributed by atoms with Gasteiger partial charge >= 0.3 is 0 Å². The van der Waals surface area contributed by atoms with Crippen LogP contribution < -0.4 is 0 Å². The van der Waals surface area contributed by atoms with Crippen molar-refractivity contribution in [1.29, 1.82) is 0 Å². The molecule has 0 bridgehead atoms. The Balaban J connectivity index is 2.99.